The van der Waals surface area contributed by atoms with E-state index in [1.165, 1.54) is 6.07 Å². The number of rotatable bonds is 6. The van der Waals surface area contributed by atoms with Gasteiger partial charge in [0.25, 0.3) is 11.5 Å². The number of carbonyl (C=O) groups excluding carboxylic acids is 1. The van der Waals surface area contributed by atoms with Crippen LogP contribution in [0.25, 0.3) is 0 Å². The number of pyridine rings is 1. The molecular weight excluding hydrogens is 534 g/mol. The van der Waals surface area contributed by atoms with E-state index in [1.54, 1.807) is 41.5 Å². The molecule has 0 spiro atoms. The molecule has 3 aromatic rings. The number of aromatic nitrogens is 1. The third-order valence-corrected chi connectivity index (χ3v) is 7.21. The van der Waals surface area contributed by atoms with Crippen LogP contribution in [0.15, 0.2) is 57.8 Å². The molecule has 0 aliphatic carbocycles. The molecule has 0 saturated carbocycles. The maximum Gasteiger partial charge on any atom is 0.269 e. The highest BCUT2D eigenvalue weighted by molar-refractivity contribution is 9.10. The molecule has 9 heteroatoms. The SMILES string of the molecule is Cc1cc(OCc2ccc(F)cc2F)c(Br)c(=O)n1Cc1ccc(C(=O)N2CCC(C)(O)CC2)cc1. The van der Waals surface area contributed by atoms with E-state index in [4.69, 9.17) is 4.74 Å². The minimum atomic E-state index is -0.724. The quantitative estimate of drug-likeness (QED) is 0.469. The van der Waals surface area contributed by atoms with Crippen LogP contribution in [-0.4, -0.2) is 39.2 Å². The number of ether oxygens (including phenoxy) is 1. The molecule has 1 N–H and O–H groups in total. The Morgan fingerprint density at radius 2 is 1.78 bits per heavy atom. The minimum absolute atomic E-state index is 0.0766. The van der Waals surface area contributed by atoms with Gasteiger partial charge in [0.1, 0.15) is 28.5 Å². The normalized spacial score (nSPS) is 15.1. The summed E-state index contributed by atoms with van der Waals surface area (Å²) in [5, 5.41) is 10.1. The molecule has 2 heterocycles. The van der Waals surface area contributed by atoms with Crippen LogP contribution < -0.4 is 10.3 Å². The van der Waals surface area contributed by atoms with Crippen LogP contribution in [0.2, 0.25) is 0 Å². The van der Waals surface area contributed by atoms with Gasteiger partial charge in [-0.25, -0.2) is 8.78 Å². The third-order valence-electron chi connectivity index (χ3n) is 6.48. The molecule has 0 bridgehead atoms. The number of amides is 1. The molecule has 1 aliphatic rings. The summed E-state index contributed by atoms with van der Waals surface area (Å²) in [6.07, 6.45) is 1.10. The van der Waals surface area contributed by atoms with Crippen LogP contribution in [0, 0.1) is 18.6 Å². The zero-order chi connectivity index (χ0) is 26.0. The van der Waals surface area contributed by atoms with E-state index in [9.17, 15) is 23.5 Å². The average Bonchev–Trinajstić information content (AvgIpc) is 2.84. The Balaban J connectivity index is 1.45. The van der Waals surface area contributed by atoms with Gasteiger partial charge in [0, 0.05) is 42.0 Å². The Kier molecular flexibility index (Phi) is 7.61. The Morgan fingerprint density at radius 1 is 1.11 bits per heavy atom. The van der Waals surface area contributed by atoms with Gasteiger partial charge in [0.05, 0.1) is 12.1 Å². The minimum Gasteiger partial charge on any atom is -0.487 e. The van der Waals surface area contributed by atoms with Crippen molar-refractivity contribution in [3.63, 3.8) is 0 Å². The number of likely N-dealkylation sites (tertiary alicyclic amines) is 1. The zero-order valence-electron chi connectivity index (χ0n) is 20.1. The number of carbonyl (C=O) groups is 1. The van der Waals surface area contributed by atoms with E-state index < -0.39 is 17.2 Å². The van der Waals surface area contributed by atoms with Gasteiger partial charge >= 0.3 is 0 Å². The lowest BCUT2D eigenvalue weighted by Crippen LogP contribution is -2.45. The van der Waals surface area contributed by atoms with Crippen LogP contribution in [0.1, 0.15) is 46.9 Å². The summed E-state index contributed by atoms with van der Waals surface area (Å²) in [5.41, 5.74) is 1.17. The van der Waals surface area contributed by atoms with E-state index in [1.807, 2.05) is 12.1 Å². The van der Waals surface area contributed by atoms with Gasteiger partial charge in [-0.2, -0.15) is 0 Å². The van der Waals surface area contributed by atoms with Gasteiger partial charge in [0.15, 0.2) is 0 Å². The lowest BCUT2D eigenvalue weighted by atomic mass is 9.93. The van der Waals surface area contributed by atoms with Crippen molar-refractivity contribution in [1.82, 2.24) is 9.47 Å². The highest BCUT2D eigenvalue weighted by Crippen LogP contribution is 2.25. The molecule has 2 aromatic carbocycles. The van der Waals surface area contributed by atoms with Crippen molar-refractivity contribution in [2.75, 3.05) is 13.1 Å². The van der Waals surface area contributed by atoms with Gasteiger partial charge in [-0.05, 0) is 72.4 Å². The highest BCUT2D eigenvalue weighted by Gasteiger charge is 2.30. The molecule has 0 unspecified atom stereocenters. The number of halogens is 3. The van der Waals surface area contributed by atoms with E-state index in [2.05, 4.69) is 15.9 Å². The summed E-state index contributed by atoms with van der Waals surface area (Å²) in [6, 6.07) is 12.0. The Morgan fingerprint density at radius 3 is 2.42 bits per heavy atom. The van der Waals surface area contributed by atoms with Crippen molar-refractivity contribution >= 4 is 21.8 Å². The Hall–Kier alpha value is -3.04. The topological polar surface area (TPSA) is 71.8 Å². The zero-order valence-corrected chi connectivity index (χ0v) is 21.6. The molecule has 0 radical (unpaired) electrons. The second-order valence-electron chi connectivity index (χ2n) is 9.37. The lowest BCUT2D eigenvalue weighted by molar-refractivity contribution is -0.00202. The monoisotopic (exact) mass is 560 g/mol. The van der Waals surface area contributed by atoms with Crippen molar-refractivity contribution in [3.05, 3.63) is 97.4 Å². The summed E-state index contributed by atoms with van der Waals surface area (Å²) >= 11 is 3.28. The number of aliphatic hydroxyl groups is 1. The van der Waals surface area contributed by atoms with Gasteiger partial charge in [-0.15, -0.1) is 0 Å². The van der Waals surface area contributed by atoms with Crippen LogP contribution >= 0.6 is 15.9 Å². The standard InChI is InChI=1S/C27H27BrF2N2O4/c1-17-13-23(36-16-20-7-8-21(29)14-22(20)30)24(28)26(34)32(17)15-18-3-5-19(6-4-18)25(33)31-11-9-27(2,35)10-12-31/h3-8,13-14,35H,9-12,15-16H2,1-2H3. The maximum atomic E-state index is 13.9. The fraction of sp³-hybridized carbons (Fsp3) is 0.333. The van der Waals surface area contributed by atoms with Gasteiger partial charge in [-0.3, -0.25) is 9.59 Å². The molecule has 190 valence electrons. The van der Waals surface area contributed by atoms with Crippen molar-refractivity contribution in [3.8, 4) is 5.75 Å². The summed E-state index contributed by atoms with van der Waals surface area (Å²) in [4.78, 5) is 27.5. The summed E-state index contributed by atoms with van der Waals surface area (Å²) in [6.45, 7) is 4.71. The molecule has 1 fully saturated rings. The van der Waals surface area contributed by atoms with Crippen molar-refractivity contribution in [1.29, 1.82) is 0 Å². The predicted molar refractivity (Wildman–Crippen MR) is 135 cm³/mol. The van der Waals surface area contributed by atoms with E-state index >= 15 is 0 Å². The number of piperidine rings is 1. The predicted octanol–water partition coefficient (Wildman–Crippen LogP) is 4.81. The Bertz CT molecular complexity index is 1330. The van der Waals surface area contributed by atoms with Gasteiger partial charge in [0.2, 0.25) is 0 Å². The first-order chi connectivity index (χ1) is 17.0. The second-order valence-corrected chi connectivity index (χ2v) is 10.2. The molecule has 0 atom stereocenters. The molecule has 1 aromatic heterocycles. The summed E-state index contributed by atoms with van der Waals surface area (Å²) in [5.74, 6) is -1.20. The van der Waals surface area contributed by atoms with Crippen LogP contribution in [0.4, 0.5) is 8.78 Å². The maximum absolute atomic E-state index is 13.9. The fourth-order valence-corrected chi connectivity index (χ4v) is 4.56. The average molecular weight is 561 g/mol. The molecule has 1 amide bonds. The first-order valence-electron chi connectivity index (χ1n) is 11.6. The first kappa shape index (κ1) is 26.0. The van der Waals surface area contributed by atoms with Crippen molar-refractivity contribution in [2.45, 2.75) is 45.4 Å². The van der Waals surface area contributed by atoms with Crippen LogP contribution in [0.3, 0.4) is 0 Å². The van der Waals surface area contributed by atoms with E-state index in [0.29, 0.717) is 37.2 Å². The fourth-order valence-electron chi connectivity index (χ4n) is 4.12. The third kappa shape index (κ3) is 5.84. The number of benzene rings is 2. The molecular formula is C27H27BrF2N2O4. The first-order valence-corrected chi connectivity index (χ1v) is 12.4. The molecule has 36 heavy (non-hydrogen) atoms. The molecule has 4 rings (SSSR count). The van der Waals surface area contributed by atoms with E-state index in [0.717, 1.165) is 17.7 Å². The van der Waals surface area contributed by atoms with Crippen molar-refractivity contribution in [2.24, 2.45) is 0 Å². The summed E-state index contributed by atoms with van der Waals surface area (Å²) < 4.78 is 34.4. The molecule has 1 saturated heterocycles. The van der Waals surface area contributed by atoms with Gasteiger partial charge in [-0.1, -0.05) is 12.1 Å². The number of nitrogens with zero attached hydrogens (tertiary/aromatic N) is 2. The van der Waals surface area contributed by atoms with E-state index in [-0.39, 0.29) is 40.4 Å². The number of hydrogen-bond donors (Lipinski definition) is 1. The van der Waals surface area contributed by atoms with Gasteiger partial charge < -0.3 is 19.3 Å². The molecule has 6 nitrogen and oxygen atoms in total. The Labute approximate surface area is 216 Å². The smallest absolute Gasteiger partial charge is 0.269 e. The van der Waals surface area contributed by atoms with Crippen LogP contribution in [-0.2, 0) is 13.2 Å². The number of hydrogen-bond acceptors (Lipinski definition) is 4. The lowest BCUT2D eigenvalue weighted by Gasteiger charge is -2.35. The molecule has 1 aliphatic heterocycles. The second kappa shape index (κ2) is 10.5. The highest BCUT2D eigenvalue weighted by atomic mass is 79.9. The largest absolute Gasteiger partial charge is 0.487 e. The summed E-state index contributed by atoms with van der Waals surface area (Å²) in [7, 11) is 0. The number of aryl methyl sites for hydroxylation is 1. The van der Waals surface area contributed by atoms with Crippen molar-refractivity contribution < 1.29 is 23.4 Å². The van der Waals surface area contributed by atoms with Crippen LogP contribution in [0.5, 0.6) is 5.75 Å².